The first kappa shape index (κ1) is 19.1. The number of halogens is 3. The summed E-state index contributed by atoms with van der Waals surface area (Å²) in [5, 5.41) is 6.49. The summed E-state index contributed by atoms with van der Waals surface area (Å²) < 4.78 is 26.9. The molecule has 2 saturated heterocycles. The summed E-state index contributed by atoms with van der Waals surface area (Å²) in [4.78, 5) is 12.3. The van der Waals surface area contributed by atoms with Crippen LogP contribution in [0, 0.1) is 17.6 Å². The van der Waals surface area contributed by atoms with Gasteiger partial charge in [0.15, 0.2) is 0 Å². The van der Waals surface area contributed by atoms with Crippen molar-refractivity contribution in [3.05, 3.63) is 35.4 Å². The van der Waals surface area contributed by atoms with E-state index < -0.39 is 17.7 Å². The van der Waals surface area contributed by atoms with Crippen LogP contribution in [0.2, 0.25) is 0 Å². The largest absolute Gasteiger partial charge is 0.349 e. The molecule has 134 valence electrons. The molecule has 6 heteroatoms. The monoisotopic (exact) mass is 358 g/mol. The van der Waals surface area contributed by atoms with Crippen molar-refractivity contribution >= 4 is 18.3 Å². The van der Waals surface area contributed by atoms with E-state index in [0.717, 1.165) is 18.9 Å². The Hall–Kier alpha value is -1.20. The molecule has 2 N–H and O–H groups in total. The highest BCUT2D eigenvalue weighted by Crippen LogP contribution is 2.33. The second-order valence-electron chi connectivity index (χ2n) is 6.87. The second-order valence-corrected chi connectivity index (χ2v) is 6.87. The molecule has 2 heterocycles. The van der Waals surface area contributed by atoms with E-state index in [1.165, 1.54) is 25.0 Å². The predicted molar refractivity (Wildman–Crippen MR) is 92.1 cm³/mol. The summed E-state index contributed by atoms with van der Waals surface area (Å²) in [5.41, 5.74) is 0.354. The Morgan fingerprint density at radius 2 is 1.96 bits per heavy atom. The number of fused-ring (bicyclic) bond motifs is 2. The predicted octanol–water partition coefficient (Wildman–Crippen LogP) is 3.87. The first-order valence-electron chi connectivity index (χ1n) is 8.55. The highest BCUT2D eigenvalue weighted by Gasteiger charge is 2.34. The molecule has 3 rings (SSSR count). The lowest BCUT2D eigenvalue weighted by Gasteiger charge is -2.29. The van der Waals surface area contributed by atoms with E-state index in [2.05, 4.69) is 10.6 Å². The van der Waals surface area contributed by atoms with Crippen molar-refractivity contribution in [2.45, 2.75) is 63.6 Å². The van der Waals surface area contributed by atoms with Gasteiger partial charge in [0.1, 0.15) is 11.6 Å². The highest BCUT2D eigenvalue weighted by molar-refractivity contribution is 5.85. The molecule has 2 fully saturated rings. The van der Waals surface area contributed by atoms with Gasteiger partial charge in [-0.25, -0.2) is 8.78 Å². The van der Waals surface area contributed by atoms with E-state index in [9.17, 15) is 13.6 Å². The first-order chi connectivity index (χ1) is 11.0. The summed E-state index contributed by atoms with van der Waals surface area (Å²) in [6.07, 6.45) is 5.58. The van der Waals surface area contributed by atoms with Gasteiger partial charge >= 0.3 is 0 Å². The van der Waals surface area contributed by atoms with Crippen LogP contribution in [0.4, 0.5) is 8.78 Å². The Labute approximate surface area is 148 Å². The van der Waals surface area contributed by atoms with Crippen LogP contribution in [0.3, 0.4) is 0 Å². The third-order valence-electron chi connectivity index (χ3n) is 5.13. The SMILES string of the molecule is CCC(NC(=O)CC1CC2CCC(C1)N2)c1ccc(F)cc1F.Cl. The normalized spacial score (nSPS) is 26.5. The van der Waals surface area contributed by atoms with Crippen LogP contribution in [0.25, 0.3) is 0 Å². The molecule has 1 aromatic rings. The van der Waals surface area contributed by atoms with E-state index in [1.807, 2.05) is 6.92 Å². The van der Waals surface area contributed by atoms with Crippen molar-refractivity contribution in [3.8, 4) is 0 Å². The molecule has 0 aliphatic carbocycles. The summed E-state index contributed by atoms with van der Waals surface area (Å²) in [6, 6.07) is 4.24. The lowest BCUT2D eigenvalue weighted by Crippen LogP contribution is -2.40. The number of carbonyl (C=O) groups excluding carboxylic acids is 1. The van der Waals surface area contributed by atoms with Gasteiger partial charge in [-0.15, -0.1) is 12.4 Å². The van der Waals surface area contributed by atoms with E-state index >= 15 is 0 Å². The maximum absolute atomic E-state index is 13.9. The standard InChI is InChI=1S/C18H24F2N2O.ClH/c1-2-17(15-6-3-12(19)10-16(15)20)22-18(23)9-11-7-13-4-5-14(8-11)21-13;/h3,6,10-11,13-14,17,21H,2,4-5,7-9H2,1H3,(H,22,23);1H. The zero-order valence-corrected chi connectivity index (χ0v) is 14.7. The Kier molecular flexibility index (Phi) is 6.58. The lowest BCUT2D eigenvalue weighted by molar-refractivity contribution is -0.123. The minimum absolute atomic E-state index is 0. The first-order valence-corrected chi connectivity index (χ1v) is 8.55. The van der Waals surface area contributed by atoms with Crippen molar-refractivity contribution in [1.82, 2.24) is 10.6 Å². The molecule has 0 radical (unpaired) electrons. The van der Waals surface area contributed by atoms with Gasteiger partial charge in [-0.3, -0.25) is 4.79 Å². The molecular weight excluding hydrogens is 334 g/mol. The molecule has 0 spiro atoms. The Morgan fingerprint density at radius 3 is 2.54 bits per heavy atom. The Balaban J connectivity index is 0.00000208. The number of benzene rings is 1. The Morgan fingerprint density at radius 1 is 1.29 bits per heavy atom. The molecule has 0 saturated carbocycles. The van der Waals surface area contributed by atoms with Crippen molar-refractivity contribution in [2.75, 3.05) is 0 Å². The minimum atomic E-state index is -0.600. The summed E-state index contributed by atoms with van der Waals surface area (Å²) >= 11 is 0. The number of rotatable bonds is 5. The van der Waals surface area contributed by atoms with Gasteiger partial charge in [0.05, 0.1) is 6.04 Å². The number of amides is 1. The smallest absolute Gasteiger partial charge is 0.220 e. The van der Waals surface area contributed by atoms with Gasteiger partial charge in [-0.05, 0) is 44.1 Å². The topological polar surface area (TPSA) is 41.1 Å². The molecule has 24 heavy (non-hydrogen) atoms. The molecule has 2 aliphatic heterocycles. The minimum Gasteiger partial charge on any atom is -0.349 e. The molecule has 0 aromatic heterocycles. The molecule has 1 amide bonds. The van der Waals surface area contributed by atoms with Crippen LogP contribution in [0.5, 0.6) is 0 Å². The molecule has 2 aliphatic rings. The molecule has 2 bridgehead atoms. The maximum Gasteiger partial charge on any atom is 0.220 e. The number of piperidine rings is 1. The highest BCUT2D eigenvalue weighted by atomic mass is 35.5. The van der Waals surface area contributed by atoms with Crippen LogP contribution in [-0.2, 0) is 4.79 Å². The van der Waals surface area contributed by atoms with Gasteiger partial charge in [0, 0.05) is 30.1 Å². The fraction of sp³-hybridized carbons (Fsp3) is 0.611. The van der Waals surface area contributed by atoms with Crippen molar-refractivity contribution in [2.24, 2.45) is 5.92 Å². The lowest BCUT2D eigenvalue weighted by atomic mass is 9.89. The van der Waals surface area contributed by atoms with Crippen LogP contribution in [-0.4, -0.2) is 18.0 Å². The zero-order valence-electron chi connectivity index (χ0n) is 13.9. The van der Waals surface area contributed by atoms with Crippen LogP contribution < -0.4 is 10.6 Å². The number of hydrogen-bond acceptors (Lipinski definition) is 2. The Bertz CT molecular complexity index is 572. The third kappa shape index (κ3) is 4.45. The van der Waals surface area contributed by atoms with Gasteiger partial charge < -0.3 is 10.6 Å². The maximum atomic E-state index is 13.9. The molecule has 1 aromatic carbocycles. The fourth-order valence-electron chi connectivity index (χ4n) is 4.04. The zero-order chi connectivity index (χ0) is 16.4. The summed E-state index contributed by atoms with van der Waals surface area (Å²) in [7, 11) is 0. The van der Waals surface area contributed by atoms with Crippen molar-refractivity contribution < 1.29 is 13.6 Å². The van der Waals surface area contributed by atoms with Crippen LogP contribution in [0.15, 0.2) is 18.2 Å². The van der Waals surface area contributed by atoms with E-state index in [4.69, 9.17) is 0 Å². The summed E-state index contributed by atoms with van der Waals surface area (Å²) in [6.45, 7) is 1.89. The second kappa shape index (κ2) is 8.26. The summed E-state index contributed by atoms with van der Waals surface area (Å²) in [5.74, 6) is -0.828. The van der Waals surface area contributed by atoms with E-state index in [-0.39, 0.29) is 18.3 Å². The van der Waals surface area contributed by atoms with Crippen molar-refractivity contribution in [3.63, 3.8) is 0 Å². The van der Waals surface area contributed by atoms with Crippen LogP contribution >= 0.6 is 12.4 Å². The average molecular weight is 359 g/mol. The molecule has 3 unspecified atom stereocenters. The third-order valence-corrected chi connectivity index (χ3v) is 5.13. The molecule has 3 atom stereocenters. The number of carbonyl (C=O) groups is 1. The van der Waals surface area contributed by atoms with E-state index in [1.54, 1.807) is 0 Å². The number of nitrogens with one attached hydrogen (secondary N) is 2. The van der Waals surface area contributed by atoms with E-state index in [0.29, 0.717) is 36.4 Å². The fourth-order valence-corrected chi connectivity index (χ4v) is 4.04. The average Bonchev–Trinajstić information content (AvgIpc) is 2.84. The van der Waals surface area contributed by atoms with Crippen molar-refractivity contribution in [1.29, 1.82) is 0 Å². The molecule has 3 nitrogen and oxygen atoms in total. The molecular formula is C18H25ClF2N2O. The van der Waals surface area contributed by atoms with Gasteiger partial charge in [0.25, 0.3) is 0 Å². The van der Waals surface area contributed by atoms with Crippen LogP contribution in [0.1, 0.15) is 57.1 Å². The van der Waals surface area contributed by atoms with Gasteiger partial charge in [-0.1, -0.05) is 13.0 Å². The number of hydrogen-bond donors (Lipinski definition) is 2. The van der Waals surface area contributed by atoms with Gasteiger partial charge in [-0.2, -0.15) is 0 Å². The van der Waals surface area contributed by atoms with Gasteiger partial charge in [0.2, 0.25) is 5.91 Å². The quantitative estimate of drug-likeness (QED) is 0.838.